The molecule has 0 saturated heterocycles. The number of nitrogens with one attached hydrogen (secondary N) is 1. The third-order valence-corrected chi connectivity index (χ3v) is 3.60. The number of nitrogens with zero attached hydrogens (tertiary/aromatic N) is 5. The number of hydrogen-bond acceptors (Lipinski definition) is 4. The van der Waals surface area contributed by atoms with Gasteiger partial charge in [-0.1, -0.05) is 6.92 Å². The summed E-state index contributed by atoms with van der Waals surface area (Å²) in [6.45, 7) is 5.31. The van der Waals surface area contributed by atoms with E-state index in [1.165, 1.54) is 6.33 Å². The number of aromatic nitrogens is 5. The normalized spacial score (nSPS) is 12.5. The van der Waals surface area contributed by atoms with E-state index in [1.807, 2.05) is 31.5 Å². The van der Waals surface area contributed by atoms with Gasteiger partial charge in [0, 0.05) is 12.2 Å². The van der Waals surface area contributed by atoms with Gasteiger partial charge in [0.15, 0.2) is 0 Å². The number of amides is 1. The molecule has 0 aliphatic carbocycles. The average molecular weight is 298 g/mol. The first kappa shape index (κ1) is 14.2. The molecule has 0 unspecified atom stereocenters. The maximum absolute atomic E-state index is 12.2. The molecule has 1 aromatic carbocycles. The van der Waals surface area contributed by atoms with Crippen molar-refractivity contribution in [3.05, 3.63) is 37.2 Å². The predicted molar refractivity (Wildman–Crippen MR) is 83.2 cm³/mol. The molecule has 2 aromatic heterocycles. The fourth-order valence-corrected chi connectivity index (χ4v) is 2.35. The molecule has 0 saturated carbocycles. The molecule has 114 valence electrons. The third-order valence-electron chi connectivity index (χ3n) is 3.60. The second-order valence-electron chi connectivity index (χ2n) is 5.24. The minimum absolute atomic E-state index is 0.0511. The summed E-state index contributed by atoms with van der Waals surface area (Å²) in [7, 11) is 0. The molecule has 0 aliphatic rings. The molecule has 7 nitrogen and oxygen atoms in total. The van der Waals surface area contributed by atoms with Crippen LogP contribution in [-0.2, 0) is 17.9 Å². The topological polar surface area (TPSA) is 77.6 Å². The van der Waals surface area contributed by atoms with Crippen molar-refractivity contribution in [1.82, 2.24) is 24.3 Å². The number of hydrogen-bond donors (Lipinski definition) is 1. The molecule has 1 amide bonds. The minimum atomic E-state index is -0.203. The lowest BCUT2D eigenvalue weighted by Gasteiger charge is -2.12. The Morgan fingerprint density at radius 3 is 2.95 bits per heavy atom. The Morgan fingerprint density at radius 2 is 2.23 bits per heavy atom. The summed E-state index contributed by atoms with van der Waals surface area (Å²) in [5.41, 5.74) is 2.70. The molecule has 22 heavy (non-hydrogen) atoms. The molecule has 1 atom stereocenters. The Kier molecular flexibility index (Phi) is 3.86. The molecular weight excluding hydrogens is 280 g/mol. The summed E-state index contributed by atoms with van der Waals surface area (Å²) in [4.78, 5) is 20.5. The maximum atomic E-state index is 12.2. The van der Waals surface area contributed by atoms with Crippen LogP contribution in [0.4, 0.5) is 5.69 Å². The van der Waals surface area contributed by atoms with Gasteiger partial charge in [-0.05, 0) is 25.1 Å². The summed E-state index contributed by atoms with van der Waals surface area (Å²) >= 11 is 0. The van der Waals surface area contributed by atoms with Crippen molar-refractivity contribution in [2.45, 2.75) is 26.9 Å². The van der Waals surface area contributed by atoms with E-state index in [4.69, 9.17) is 0 Å². The van der Waals surface area contributed by atoms with Gasteiger partial charge in [-0.25, -0.2) is 9.97 Å². The summed E-state index contributed by atoms with van der Waals surface area (Å²) in [5, 5.41) is 6.94. The number of aryl methyl sites for hydroxylation is 1. The largest absolute Gasteiger partial charge is 0.331 e. The standard InChI is InChI=1S/C15H18N6O/c1-3-20-10-17-13-6-12(4-5-14(13)20)19-15(22)11(2)7-21-9-16-8-18-21/h4-6,8-11H,3,7H2,1-2H3,(H,19,22)/t11-/m1/s1. The highest BCUT2D eigenvalue weighted by molar-refractivity contribution is 5.94. The highest BCUT2D eigenvalue weighted by atomic mass is 16.1. The van der Waals surface area contributed by atoms with E-state index in [0.717, 1.165) is 23.3 Å². The highest BCUT2D eigenvalue weighted by Crippen LogP contribution is 2.19. The van der Waals surface area contributed by atoms with Gasteiger partial charge < -0.3 is 9.88 Å². The molecule has 0 bridgehead atoms. The maximum Gasteiger partial charge on any atom is 0.229 e. The third kappa shape index (κ3) is 2.83. The Labute approximate surface area is 128 Å². The number of benzene rings is 1. The van der Waals surface area contributed by atoms with Crippen molar-refractivity contribution in [3.8, 4) is 0 Å². The molecule has 0 spiro atoms. The zero-order valence-electron chi connectivity index (χ0n) is 12.6. The number of fused-ring (bicyclic) bond motifs is 1. The van der Waals surface area contributed by atoms with Gasteiger partial charge >= 0.3 is 0 Å². The van der Waals surface area contributed by atoms with E-state index in [2.05, 4.69) is 31.9 Å². The van der Waals surface area contributed by atoms with Gasteiger partial charge in [-0.2, -0.15) is 5.10 Å². The second-order valence-corrected chi connectivity index (χ2v) is 5.24. The Bertz CT molecular complexity index is 777. The second kappa shape index (κ2) is 5.97. The van der Waals surface area contributed by atoms with Crippen molar-refractivity contribution in [2.24, 2.45) is 5.92 Å². The quantitative estimate of drug-likeness (QED) is 0.780. The van der Waals surface area contributed by atoms with Crippen LogP contribution in [0.5, 0.6) is 0 Å². The monoisotopic (exact) mass is 298 g/mol. The first-order valence-electron chi connectivity index (χ1n) is 7.25. The predicted octanol–water partition coefficient (Wildman–Crippen LogP) is 1.92. The summed E-state index contributed by atoms with van der Waals surface area (Å²) in [6.07, 6.45) is 4.87. The van der Waals surface area contributed by atoms with Crippen LogP contribution < -0.4 is 5.32 Å². The molecule has 2 heterocycles. The van der Waals surface area contributed by atoms with Crippen LogP contribution in [0.1, 0.15) is 13.8 Å². The number of carbonyl (C=O) groups is 1. The van der Waals surface area contributed by atoms with Crippen molar-refractivity contribution in [1.29, 1.82) is 0 Å². The van der Waals surface area contributed by atoms with Crippen LogP contribution in [0.2, 0.25) is 0 Å². The Morgan fingerprint density at radius 1 is 1.36 bits per heavy atom. The molecule has 0 aliphatic heterocycles. The van der Waals surface area contributed by atoms with Crippen LogP contribution in [0.15, 0.2) is 37.2 Å². The summed E-state index contributed by atoms with van der Waals surface area (Å²) in [5.74, 6) is -0.254. The Balaban J connectivity index is 1.70. The van der Waals surface area contributed by atoms with E-state index in [-0.39, 0.29) is 11.8 Å². The van der Waals surface area contributed by atoms with Crippen LogP contribution in [0, 0.1) is 5.92 Å². The van der Waals surface area contributed by atoms with Gasteiger partial charge in [0.05, 0.1) is 29.8 Å². The van der Waals surface area contributed by atoms with Crippen molar-refractivity contribution in [2.75, 3.05) is 5.32 Å². The molecule has 3 aromatic rings. The number of anilines is 1. The SMILES string of the molecule is CCn1cnc2cc(NC(=O)[C@H](C)Cn3cncn3)ccc21. The molecule has 7 heteroatoms. The van der Waals surface area contributed by atoms with Gasteiger partial charge in [0.25, 0.3) is 0 Å². The molecule has 1 N–H and O–H groups in total. The molecular formula is C15H18N6O. The van der Waals surface area contributed by atoms with Crippen LogP contribution in [-0.4, -0.2) is 30.2 Å². The Hall–Kier alpha value is -2.70. The van der Waals surface area contributed by atoms with Crippen LogP contribution in [0.3, 0.4) is 0 Å². The summed E-state index contributed by atoms with van der Waals surface area (Å²) in [6, 6.07) is 5.77. The lowest BCUT2D eigenvalue weighted by molar-refractivity contribution is -0.119. The van der Waals surface area contributed by atoms with E-state index in [1.54, 1.807) is 11.0 Å². The average Bonchev–Trinajstić information content (AvgIpc) is 3.15. The first-order chi connectivity index (χ1) is 10.7. The summed E-state index contributed by atoms with van der Waals surface area (Å²) < 4.78 is 3.71. The van der Waals surface area contributed by atoms with Gasteiger partial charge in [0.1, 0.15) is 12.7 Å². The van der Waals surface area contributed by atoms with Gasteiger partial charge in [-0.3, -0.25) is 9.48 Å². The zero-order chi connectivity index (χ0) is 15.5. The molecule has 0 fully saturated rings. The van der Waals surface area contributed by atoms with Crippen molar-refractivity contribution >= 4 is 22.6 Å². The lowest BCUT2D eigenvalue weighted by atomic mass is 10.1. The van der Waals surface area contributed by atoms with Crippen LogP contribution >= 0.6 is 0 Å². The number of carbonyl (C=O) groups excluding carboxylic acids is 1. The zero-order valence-corrected chi connectivity index (χ0v) is 12.6. The highest BCUT2D eigenvalue weighted by Gasteiger charge is 2.14. The fourth-order valence-electron chi connectivity index (χ4n) is 2.35. The molecule has 3 rings (SSSR count). The van der Waals surface area contributed by atoms with Gasteiger partial charge in [0.2, 0.25) is 5.91 Å². The number of imidazole rings is 1. The van der Waals surface area contributed by atoms with Crippen molar-refractivity contribution < 1.29 is 4.79 Å². The van der Waals surface area contributed by atoms with E-state index >= 15 is 0 Å². The van der Waals surface area contributed by atoms with E-state index in [0.29, 0.717) is 6.54 Å². The van der Waals surface area contributed by atoms with E-state index in [9.17, 15) is 4.79 Å². The van der Waals surface area contributed by atoms with E-state index < -0.39 is 0 Å². The fraction of sp³-hybridized carbons (Fsp3) is 0.333. The lowest BCUT2D eigenvalue weighted by Crippen LogP contribution is -2.24. The van der Waals surface area contributed by atoms with Gasteiger partial charge in [-0.15, -0.1) is 0 Å². The first-order valence-corrected chi connectivity index (χ1v) is 7.25. The molecule has 0 radical (unpaired) electrons. The van der Waals surface area contributed by atoms with Crippen LogP contribution in [0.25, 0.3) is 11.0 Å². The number of rotatable bonds is 5. The van der Waals surface area contributed by atoms with Crippen molar-refractivity contribution in [3.63, 3.8) is 0 Å². The smallest absolute Gasteiger partial charge is 0.229 e. The minimum Gasteiger partial charge on any atom is -0.331 e.